The second-order valence-corrected chi connectivity index (χ2v) is 10.1. The van der Waals surface area contributed by atoms with Crippen LogP contribution in [0.25, 0.3) is 58.9 Å². The zero-order valence-corrected chi connectivity index (χ0v) is 18.7. The maximum Gasteiger partial charge on any atom is 0.0433 e. The topological polar surface area (TPSA) is 0 Å². The first kappa shape index (κ1) is 18.2. The van der Waals surface area contributed by atoms with Gasteiger partial charge in [-0.3, -0.25) is 0 Å². The number of benzene rings is 5. The molecule has 152 valence electrons. The Bertz CT molecular complexity index is 1710. The fraction of sp³-hybridized carbons (Fsp3) is 0.0968. The van der Waals surface area contributed by atoms with Crippen molar-refractivity contribution in [2.45, 2.75) is 13.3 Å². The Balaban J connectivity index is 1.56. The van der Waals surface area contributed by atoms with Crippen LogP contribution >= 0.6 is 11.3 Å². The Hall–Kier alpha value is -3.42. The van der Waals surface area contributed by atoms with Crippen LogP contribution in [-0.2, 0) is 6.42 Å². The van der Waals surface area contributed by atoms with Gasteiger partial charge in [-0.05, 0) is 68.3 Å². The van der Waals surface area contributed by atoms with Gasteiger partial charge >= 0.3 is 0 Å². The van der Waals surface area contributed by atoms with Gasteiger partial charge in [0.2, 0.25) is 0 Å². The van der Waals surface area contributed by atoms with E-state index in [0.717, 1.165) is 6.42 Å². The van der Waals surface area contributed by atoms with Gasteiger partial charge in [0, 0.05) is 20.2 Å². The molecule has 0 N–H and O–H groups in total. The van der Waals surface area contributed by atoms with Crippen LogP contribution in [-0.4, -0.2) is 0 Å². The third kappa shape index (κ3) is 2.55. The van der Waals surface area contributed by atoms with Crippen molar-refractivity contribution < 1.29 is 0 Å². The Morgan fingerprint density at radius 1 is 0.688 bits per heavy atom. The van der Waals surface area contributed by atoms with Crippen LogP contribution < -0.4 is 0 Å². The van der Waals surface area contributed by atoms with Crippen molar-refractivity contribution in [1.82, 2.24) is 0 Å². The molecule has 1 aromatic heterocycles. The first-order valence-corrected chi connectivity index (χ1v) is 12.2. The smallest absolute Gasteiger partial charge is 0.0433 e. The lowest BCUT2D eigenvalue weighted by Crippen LogP contribution is -2.05. The van der Waals surface area contributed by atoms with Crippen LogP contribution in [0.15, 0.2) is 91.0 Å². The van der Waals surface area contributed by atoms with Gasteiger partial charge in [-0.2, -0.15) is 0 Å². The highest BCUT2D eigenvalue weighted by molar-refractivity contribution is 7.26. The summed E-state index contributed by atoms with van der Waals surface area (Å²) < 4.78 is 2.74. The summed E-state index contributed by atoms with van der Waals surface area (Å²) in [6.45, 7) is 2.32. The van der Waals surface area contributed by atoms with Crippen LogP contribution in [0.2, 0.25) is 0 Å². The number of allylic oxidation sites excluding steroid dienone is 1. The molecule has 0 fully saturated rings. The SMILES string of the molecule is CC1C=Cc2c(c3ccc(-c4cccc5c4sc4ccccc45)cc3c3ccccc23)C1. The van der Waals surface area contributed by atoms with Gasteiger partial charge in [0.05, 0.1) is 0 Å². The van der Waals surface area contributed by atoms with Crippen LogP contribution in [0.1, 0.15) is 18.1 Å². The summed E-state index contributed by atoms with van der Waals surface area (Å²) in [5.74, 6) is 0.582. The van der Waals surface area contributed by atoms with Gasteiger partial charge in [0.15, 0.2) is 0 Å². The minimum absolute atomic E-state index is 0.582. The maximum atomic E-state index is 2.43. The highest BCUT2D eigenvalue weighted by Crippen LogP contribution is 2.43. The molecule has 1 atom stereocenters. The van der Waals surface area contributed by atoms with Crippen LogP contribution in [0.5, 0.6) is 0 Å². The number of fused-ring (bicyclic) bond motifs is 9. The minimum atomic E-state index is 0.582. The van der Waals surface area contributed by atoms with E-state index in [9.17, 15) is 0 Å². The quantitative estimate of drug-likeness (QED) is 0.230. The average molecular weight is 427 g/mol. The summed E-state index contributed by atoms with van der Waals surface area (Å²) in [6.07, 6.45) is 5.81. The molecule has 1 aliphatic rings. The lowest BCUT2D eigenvalue weighted by molar-refractivity contribution is 0.722. The average Bonchev–Trinajstić information content (AvgIpc) is 3.23. The van der Waals surface area contributed by atoms with E-state index < -0.39 is 0 Å². The summed E-state index contributed by atoms with van der Waals surface area (Å²) in [7, 11) is 0. The van der Waals surface area contributed by atoms with Crippen LogP contribution in [0.3, 0.4) is 0 Å². The zero-order chi connectivity index (χ0) is 21.2. The van der Waals surface area contributed by atoms with E-state index in [1.54, 1.807) is 0 Å². The fourth-order valence-corrected chi connectivity index (χ4v) is 6.73. The number of hydrogen-bond acceptors (Lipinski definition) is 1. The van der Waals surface area contributed by atoms with E-state index in [4.69, 9.17) is 0 Å². The second kappa shape index (κ2) is 6.79. The number of thiophene rings is 1. The van der Waals surface area contributed by atoms with Crippen molar-refractivity contribution in [3.05, 3.63) is 102 Å². The summed E-state index contributed by atoms with van der Waals surface area (Å²) in [5.41, 5.74) is 5.55. The maximum absolute atomic E-state index is 2.43. The van der Waals surface area contributed by atoms with Crippen molar-refractivity contribution in [2.75, 3.05) is 0 Å². The molecule has 0 radical (unpaired) electrons. The van der Waals surface area contributed by atoms with E-state index >= 15 is 0 Å². The largest absolute Gasteiger partial charge is 0.135 e. The third-order valence-electron chi connectivity index (χ3n) is 7.01. The molecular formula is C31H22S. The van der Waals surface area contributed by atoms with Gasteiger partial charge < -0.3 is 0 Å². The highest BCUT2D eigenvalue weighted by atomic mass is 32.1. The molecule has 1 heterocycles. The zero-order valence-electron chi connectivity index (χ0n) is 17.9. The van der Waals surface area contributed by atoms with Gasteiger partial charge in [-0.15, -0.1) is 11.3 Å². The first-order valence-electron chi connectivity index (χ1n) is 11.3. The van der Waals surface area contributed by atoms with Gasteiger partial charge in [0.25, 0.3) is 0 Å². The van der Waals surface area contributed by atoms with E-state index in [0.29, 0.717) is 5.92 Å². The van der Waals surface area contributed by atoms with Crippen molar-refractivity contribution >= 4 is 59.1 Å². The van der Waals surface area contributed by atoms with E-state index in [2.05, 4.69) is 104 Å². The lowest BCUT2D eigenvalue weighted by Gasteiger charge is -2.21. The Labute approximate surface area is 191 Å². The van der Waals surface area contributed by atoms with Gasteiger partial charge in [-0.1, -0.05) is 91.9 Å². The van der Waals surface area contributed by atoms with E-state index in [-0.39, 0.29) is 0 Å². The molecule has 0 saturated heterocycles. The Kier molecular flexibility index (Phi) is 3.86. The standard InChI is InChI=1S/C31H22S/c1-19-13-15-24-22-7-2-3-8-23(22)29-18-20(14-16-25(29)28(24)17-19)21-10-6-11-27-26-9-4-5-12-30(26)32-31(21)27/h2-16,18-19H,17H2,1H3. The summed E-state index contributed by atoms with van der Waals surface area (Å²) >= 11 is 1.91. The summed E-state index contributed by atoms with van der Waals surface area (Å²) in [4.78, 5) is 0. The molecule has 0 saturated carbocycles. The normalized spacial score (nSPS) is 15.7. The second-order valence-electron chi connectivity index (χ2n) is 9.02. The van der Waals surface area contributed by atoms with Crippen molar-refractivity contribution in [3.8, 4) is 11.1 Å². The molecule has 1 aliphatic carbocycles. The predicted octanol–water partition coefficient (Wildman–Crippen LogP) is 9.23. The van der Waals surface area contributed by atoms with Crippen molar-refractivity contribution in [3.63, 3.8) is 0 Å². The third-order valence-corrected chi connectivity index (χ3v) is 8.23. The predicted molar refractivity (Wildman–Crippen MR) is 142 cm³/mol. The molecule has 1 heteroatoms. The molecular weight excluding hydrogens is 404 g/mol. The first-order chi connectivity index (χ1) is 15.8. The molecule has 0 spiro atoms. The van der Waals surface area contributed by atoms with Crippen LogP contribution in [0, 0.1) is 5.92 Å². The van der Waals surface area contributed by atoms with E-state index in [1.165, 1.54) is 64.0 Å². The highest BCUT2D eigenvalue weighted by Gasteiger charge is 2.18. The Morgan fingerprint density at radius 2 is 1.47 bits per heavy atom. The minimum Gasteiger partial charge on any atom is -0.135 e. The molecule has 1 unspecified atom stereocenters. The number of rotatable bonds is 1. The summed E-state index contributed by atoms with van der Waals surface area (Å²) in [5, 5.41) is 8.22. The molecule has 0 amide bonds. The fourth-order valence-electron chi connectivity index (χ4n) is 5.49. The van der Waals surface area contributed by atoms with E-state index in [1.807, 2.05) is 11.3 Å². The molecule has 32 heavy (non-hydrogen) atoms. The van der Waals surface area contributed by atoms with Crippen molar-refractivity contribution in [1.29, 1.82) is 0 Å². The molecule has 0 bridgehead atoms. The van der Waals surface area contributed by atoms with Crippen molar-refractivity contribution in [2.24, 2.45) is 5.92 Å². The summed E-state index contributed by atoms with van der Waals surface area (Å²) in [6, 6.07) is 31.5. The lowest BCUT2D eigenvalue weighted by atomic mass is 9.83. The van der Waals surface area contributed by atoms with Gasteiger partial charge in [-0.25, -0.2) is 0 Å². The molecule has 7 rings (SSSR count). The van der Waals surface area contributed by atoms with Crippen LogP contribution in [0.4, 0.5) is 0 Å². The van der Waals surface area contributed by atoms with Gasteiger partial charge in [0.1, 0.15) is 0 Å². The monoisotopic (exact) mass is 426 g/mol. The molecule has 0 aliphatic heterocycles. The molecule has 6 aromatic rings. The Morgan fingerprint density at radius 3 is 2.38 bits per heavy atom. The molecule has 0 nitrogen and oxygen atoms in total. The number of hydrogen-bond donors (Lipinski definition) is 0. The molecule has 5 aromatic carbocycles.